The lowest BCUT2D eigenvalue weighted by atomic mass is 10.0. The molecule has 3 rings (SSSR count). The quantitative estimate of drug-likeness (QED) is 0.899. The number of benzene rings is 1. The number of nitrogens with one attached hydrogen (secondary N) is 2. The fraction of sp³-hybridized carbons (Fsp3) is 0.375. The van der Waals surface area contributed by atoms with Gasteiger partial charge in [-0.2, -0.15) is 5.10 Å². The summed E-state index contributed by atoms with van der Waals surface area (Å²) >= 11 is 6.07. The van der Waals surface area contributed by atoms with E-state index in [-0.39, 0.29) is 10.6 Å². The van der Waals surface area contributed by atoms with Gasteiger partial charge in [0.05, 0.1) is 19.0 Å². The Morgan fingerprint density at radius 3 is 2.91 bits per heavy atom. The molecule has 23 heavy (non-hydrogen) atoms. The summed E-state index contributed by atoms with van der Waals surface area (Å²) in [5, 5.41) is 9.91. The summed E-state index contributed by atoms with van der Waals surface area (Å²) in [7, 11) is 1.66. The summed E-state index contributed by atoms with van der Waals surface area (Å²) in [6.45, 7) is 1.65. The van der Waals surface area contributed by atoms with Crippen molar-refractivity contribution in [2.45, 2.75) is 18.9 Å². The molecule has 0 saturated carbocycles. The van der Waals surface area contributed by atoms with Crippen LogP contribution in [0.2, 0.25) is 5.02 Å². The normalized spacial score (nSPS) is 15.5. The van der Waals surface area contributed by atoms with Gasteiger partial charge in [0.15, 0.2) is 0 Å². The molecule has 0 unspecified atom stereocenters. The molecule has 122 valence electrons. The number of aromatic nitrogens is 2. The summed E-state index contributed by atoms with van der Waals surface area (Å²) in [4.78, 5) is 13.7. The number of rotatable bonds is 4. The van der Waals surface area contributed by atoms with Gasteiger partial charge in [0, 0.05) is 30.9 Å². The number of hydrogen-bond acceptors (Lipinski definition) is 5. The first-order chi connectivity index (χ1) is 11.2. The van der Waals surface area contributed by atoms with Gasteiger partial charge in [-0.05, 0) is 25.0 Å². The molecule has 1 saturated heterocycles. The molecule has 0 amide bonds. The van der Waals surface area contributed by atoms with Crippen LogP contribution >= 0.6 is 11.6 Å². The van der Waals surface area contributed by atoms with Gasteiger partial charge in [0.2, 0.25) is 0 Å². The predicted octanol–water partition coefficient (Wildman–Crippen LogP) is 2.51. The van der Waals surface area contributed by atoms with Crippen molar-refractivity contribution < 1.29 is 4.74 Å². The summed E-state index contributed by atoms with van der Waals surface area (Å²) in [6.07, 6.45) is 3.53. The fourth-order valence-corrected chi connectivity index (χ4v) is 3.02. The summed E-state index contributed by atoms with van der Waals surface area (Å²) in [5.74, 6) is 0.841. The number of anilines is 2. The highest BCUT2D eigenvalue weighted by Gasteiger charge is 2.22. The molecule has 0 bridgehead atoms. The van der Waals surface area contributed by atoms with Gasteiger partial charge in [-0.1, -0.05) is 17.7 Å². The molecule has 2 aromatic rings. The summed E-state index contributed by atoms with van der Waals surface area (Å²) in [5.41, 5.74) is 1.41. The average Bonchev–Trinajstić information content (AvgIpc) is 2.58. The number of nitrogens with zero attached hydrogens (tertiary/aromatic N) is 2. The van der Waals surface area contributed by atoms with Crippen LogP contribution in [0.3, 0.4) is 0 Å². The zero-order chi connectivity index (χ0) is 16.2. The Balaban J connectivity index is 1.62. The smallest absolute Gasteiger partial charge is 0.285 e. The Morgan fingerprint density at radius 2 is 2.17 bits per heavy atom. The van der Waals surface area contributed by atoms with Crippen LogP contribution in [0, 0.1) is 0 Å². The molecule has 6 nitrogen and oxygen atoms in total. The van der Waals surface area contributed by atoms with Crippen molar-refractivity contribution in [3.05, 3.63) is 45.8 Å². The van der Waals surface area contributed by atoms with Crippen molar-refractivity contribution in [1.29, 1.82) is 0 Å². The molecule has 2 N–H and O–H groups in total. The SMILES string of the molecule is COc1cccc(NC2CCN(c3cn[nH]c(=O)c3Cl)CC2)c1. The highest BCUT2D eigenvalue weighted by atomic mass is 35.5. The van der Waals surface area contributed by atoms with E-state index in [0.29, 0.717) is 11.7 Å². The molecule has 1 aliphatic rings. The van der Waals surface area contributed by atoms with Crippen LogP contribution < -0.4 is 20.5 Å². The van der Waals surface area contributed by atoms with Gasteiger partial charge >= 0.3 is 0 Å². The van der Waals surface area contributed by atoms with Gasteiger partial charge in [-0.25, -0.2) is 5.10 Å². The van der Waals surface area contributed by atoms with Crippen LogP contribution in [0.25, 0.3) is 0 Å². The van der Waals surface area contributed by atoms with Crippen molar-refractivity contribution in [3.63, 3.8) is 0 Å². The maximum absolute atomic E-state index is 11.5. The number of ether oxygens (including phenoxy) is 1. The molecule has 7 heteroatoms. The van der Waals surface area contributed by atoms with E-state index >= 15 is 0 Å². The van der Waals surface area contributed by atoms with Crippen LogP contribution in [0.4, 0.5) is 11.4 Å². The zero-order valence-corrected chi connectivity index (χ0v) is 13.6. The molecule has 0 aliphatic carbocycles. The minimum atomic E-state index is -0.346. The van der Waals surface area contributed by atoms with E-state index in [0.717, 1.165) is 37.4 Å². The van der Waals surface area contributed by atoms with E-state index in [9.17, 15) is 4.79 Å². The van der Waals surface area contributed by atoms with E-state index < -0.39 is 0 Å². The number of aromatic amines is 1. The first kappa shape index (κ1) is 15.7. The van der Waals surface area contributed by atoms with Crippen molar-refractivity contribution in [1.82, 2.24) is 10.2 Å². The third kappa shape index (κ3) is 3.59. The molecule has 1 aliphatic heterocycles. The minimum absolute atomic E-state index is 0.208. The van der Waals surface area contributed by atoms with Crippen LogP contribution in [0.5, 0.6) is 5.75 Å². The Bertz CT molecular complexity index is 726. The van der Waals surface area contributed by atoms with Crippen LogP contribution in [-0.4, -0.2) is 36.4 Å². The van der Waals surface area contributed by atoms with E-state index in [1.165, 1.54) is 0 Å². The summed E-state index contributed by atoms with van der Waals surface area (Å²) in [6, 6.07) is 8.30. The van der Waals surface area contributed by atoms with Gasteiger partial charge in [-0.3, -0.25) is 4.79 Å². The molecular formula is C16H19ClN4O2. The third-order valence-corrected chi connectivity index (χ3v) is 4.42. The van der Waals surface area contributed by atoms with Gasteiger partial charge in [0.25, 0.3) is 5.56 Å². The number of piperidine rings is 1. The molecule has 1 fully saturated rings. The van der Waals surface area contributed by atoms with Gasteiger partial charge in [-0.15, -0.1) is 0 Å². The monoisotopic (exact) mass is 334 g/mol. The topological polar surface area (TPSA) is 70.2 Å². The molecule has 2 heterocycles. The second-order valence-corrected chi connectivity index (χ2v) is 5.91. The number of halogens is 1. The molecule has 1 aromatic heterocycles. The van der Waals surface area contributed by atoms with Crippen molar-refractivity contribution in [2.24, 2.45) is 0 Å². The van der Waals surface area contributed by atoms with E-state index in [1.807, 2.05) is 24.3 Å². The van der Waals surface area contributed by atoms with E-state index in [4.69, 9.17) is 16.3 Å². The predicted molar refractivity (Wildman–Crippen MR) is 91.7 cm³/mol. The van der Waals surface area contributed by atoms with Crippen LogP contribution in [0.1, 0.15) is 12.8 Å². The minimum Gasteiger partial charge on any atom is -0.497 e. The lowest BCUT2D eigenvalue weighted by molar-refractivity contribution is 0.415. The highest BCUT2D eigenvalue weighted by molar-refractivity contribution is 6.32. The number of methoxy groups -OCH3 is 1. The molecule has 0 radical (unpaired) electrons. The third-order valence-electron chi connectivity index (χ3n) is 4.05. The van der Waals surface area contributed by atoms with E-state index in [2.05, 4.69) is 20.4 Å². The Hall–Kier alpha value is -2.21. The lowest BCUT2D eigenvalue weighted by Crippen LogP contribution is -2.39. The Morgan fingerprint density at radius 1 is 1.39 bits per heavy atom. The average molecular weight is 335 g/mol. The largest absolute Gasteiger partial charge is 0.497 e. The zero-order valence-electron chi connectivity index (χ0n) is 12.9. The molecule has 0 atom stereocenters. The second kappa shape index (κ2) is 6.91. The van der Waals surface area contributed by atoms with Crippen LogP contribution in [-0.2, 0) is 0 Å². The lowest BCUT2D eigenvalue weighted by Gasteiger charge is -2.34. The van der Waals surface area contributed by atoms with Gasteiger partial charge < -0.3 is 15.0 Å². The Labute approximate surface area is 139 Å². The molecule has 0 spiro atoms. The summed E-state index contributed by atoms with van der Waals surface area (Å²) < 4.78 is 5.24. The Kier molecular flexibility index (Phi) is 4.71. The van der Waals surface area contributed by atoms with Crippen LogP contribution in [0.15, 0.2) is 35.3 Å². The van der Waals surface area contributed by atoms with Gasteiger partial charge in [0.1, 0.15) is 10.8 Å². The standard InChI is InChI=1S/C16H19ClN4O2/c1-23-13-4-2-3-12(9-13)19-11-5-7-21(8-6-11)14-10-18-20-16(22)15(14)17/h2-4,9-11,19H,5-8H2,1H3,(H,20,22). The first-order valence-electron chi connectivity index (χ1n) is 7.56. The maximum Gasteiger partial charge on any atom is 0.285 e. The second-order valence-electron chi connectivity index (χ2n) is 5.54. The molecular weight excluding hydrogens is 316 g/mol. The number of hydrogen-bond donors (Lipinski definition) is 2. The first-order valence-corrected chi connectivity index (χ1v) is 7.94. The maximum atomic E-state index is 11.5. The fourth-order valence-electron chi connectivity index (χ4n) is 2.81. The van der Waals surface area contributed by atoms with Crippen molar-refractivity contribution in [3.8, 4) is 5.75 Å². The van der Waals surface area contributed by atoms with E-state index in [1.54, 1.807) is 13.3 Å². The molecule has 1 aromatic carbocycles. The number of H-pyrrole nitrogens is 1. The highest BCUT2D eigenvalue weighted by Crippen LogP contribution is 2.26. The van der Waals surface area contributed by atoms with Crippen molar-refractivity contribution >= 4 is 23.0 Å². The van der Waals surface area contributed by atoms with Crippen molar-refractivity contribution in [2.75, 3.05) is 30.4 Å².